The molecule has 0 unspecified atom stereocenters. The number of phenolic OH excluding ortho intramolecular Hbond substituents is 1. The molecule has 1 aliphatic rings. The van der Waals surface area contributed by atoms with E-state index in [1.807, 2.05) is 0 Å². The van der Waals surface area contributed by atoms with Gasteiger partial charge in [0.1, 0.15) is 0 Å². The summed E-state index contributed by atoms with van der Waals surface area (Å²) in [4.78, 5) is 12.3. The van der Waals surface area contributed by atoms with Gasteiger partial charge >= 0.3 is 0 Å². The van der Waals surface area contributed by atoms with Crippen molar-refractivity contribution < 1.29 is 22.7 Å². The maximum atomic E-state index is 13.4. The topological polar surface area (TPSA) is 83.5 Å². The lowest BCUT2D eigenvalue weighted by molar-refractivity contribution is 0.0958. The molecule has 24 heavy (non-hydrogen) atoms. The summed E-state index contributed by atoms with van der Waals surface area (Å²) in [6, 6.07) is 8.44. The van der Waals surface area contributed by atoms with Crippen molar-refractivity contribution in [3.8, 4) is 5.75 Å². The Morgan fingerprint density at radius 1 is 1.25 bits per heavy atom. The number of halogens is 2. The normalized spacial score (nSPS) is 14.8. The summed E-state index contributed by atoms with van der Waals surface area (Å²) in [5.41, 5.74) is 0.877. The van der Waals surface area contributed by atoms with Gasteiger partial charge in [0, 0.05) is 17.5 Å². The number of rotatable bonds is 3. The van der Waals surface area contributed by atoms with Crippen LogP contribution in [0, 0.1) is 5.82 Å². The lowest BCUT2D eigenvalue weighted by atomic mass is 10.1. The third-order valence-electron chi connectivity index (χ3n) is 3.56. The van der Waals surface area contributed by atoms with Crippen molar-refractivity contribution in [3.63, 3.8) is 0 Å². The minimum atomic E-state index is -3.51. The molecule has 5 nitrogen and oxygen atoms in total. The van der Waals surface area contributed by atoms with E-state index in [0.29, 0.717) is 11.1 Å². The van der Waals surface area contributed by atoms with Gasteiger partial charge in [0.25, 0.3) is 5.91 Å². The molecule has 0 saturated carbocycles. The Balaban J connectivity index is 1.81. The average Bonchev–Trinajstić information content (AvgIpc) is 2.81. The number of benzene rings is 2. The Kier molecular flexibility index (Phi) is 4.06. The van der Waals surface area contributed by atoms with Gasteiger partial charge in [0.2, 0.25) is 9.84 Å². The monoisotopic (exact) mass is 367 g/mol. The van der Waals surface area contributed by atoms with Crippen LogP contribution in [-0.4, -0.2) is 26.0 Å². The van der Waals surface area contributed by atoms with E-state index in [2.05, 4.69) is 5.32 Å². The Morgan fingerprint density at radius 3 is 2.67 bits per heavy atom. The first-order valence-corrected chi connectivity index (χ1v) is 8.73. The van der Waals surface area contributed by atoms with Crippen molar-refractivity contribution >= 4 is 32.9 Å². The van der Waals surface area contributed by atoms with E-state index in [1.54, 1.807) is 18.2 Å². The largest absolute Gasteiger partial charge is 0.504 e. The number of aromatic hydroxyl groups is 1. The average molecular weight is 368 g/mol. The van der Waals surface area contributed by atoms with Gasteiger partial charge in [-0.15, -0.1) is 0 Å². The summed E-state index contributed by atoms with van der Waals surface area (Å²) >= 11 is 5.63. The zero-order chi connectivity index (χ0) is 17.5. The minimum Gasteiger partial charge on any atom is -0.504 e. The van der Waals surface area contributed by atoms with Crippen molar-refractivity contribution in [2.75, 3.05) is 6.54 Å². The maximum Gasteiger partial charge on any atom is 0.251 e. The second-order valence-electron chi connectivity index (χ2n) is 5.16. The molecule has 0 spiro atoms. The van der Waals surface area contributed by atoms with E-state index in [4.69, 9.17) is 11.6 Å². The zero-order valence-electron chi connectivity index (χ0n) is 12.1. The Morgan fingerprint density at radius 2 is 1.96 bits per heavy atom. The minimum absolute atomic E-state index is 0.0464. The molecular weight excluding hydrogens is 357 g/mol. The molecule has 0 radical (unpaired) electrons. The van der Waals surface area contributed by atoms with Gasteiger partial charge in [0.15, 0.2) is 11.6 Å². The zero-order valence-corrected chi connectivity index (χ0v) is 13.7. The number of fused-ring (bicyclic) bond motifs is 1. The number of carbonyl (C=O) groups excluding carboxylic acids is 1. The van der Waals surface area contributed by atoms with Gasteiger partial charge in [-0.2, -0.15) is 0 Å². The predicted octanol–water partition coefficient (Wildman–Crippen LogP) is 2.74. The molecule has 3 rings (SSSR count). The molecule has 0 aromatic heterocycles. The van der Waals surface area contributed by atoms with Crippen molar-refractivity contribution in [2.45, 2.75) is 4.90 Å². The highest BCUT2D eigenvalue weighted by atomic mass is 35.5. The summed E-state index contributed by atoms with van der Waals surface area (Å²) in [7, 11) is -3.51. The smallest absolute Gasteiger partial charge is 0.251 e. The number of sulfone groups is 1. The molecule has 0 fully saturated rings. The van der Waals surface area contributed by atoms with Crippen molar-refractivity contribution in [2.24, 2.45) is 0 Å². The van der Waals surface area contributed by atoms with Crippen LogP contribution >= 0.6 is 11.6 Å². The SMILES string of the molecule is O=C(NCC1=CS(=O)(=O)c2ccccc21)c1cc(F)c(O)c(Cl)c1. The van der Waals surface area contributed by atoms with E-state index >= 15 is 0 Å². The first-order valence-electron chi connectivity index (χ1n) is 6.81. The summed E-state index contributed by atoms with van der Waals surface area (Å²) in [6.45, 7) is -0.0464. The number of hydrogen-bond acceptors (Lipinski definition) is 4. The summed E-state index contributed by atoms with van der Waals surface area (Å²) < 4.78 is 37.5. The molecule has 0 aliphatic carbocycles. The van der Waals surface area contributed by atoms with E-state index in [0.717, 1.165) is 17.5 Å². The molecule has 8 heteroatoms. The van der Waals surface area contributed by atoms with Crippen LogP contribution in [0.25, 0.3) is 5.57 Å². The molecule has 0 atom stereocenters. The van der Waals surface area contributed by atoms with Gasteiger partial charge in [-0.3, -0.25) is 4.79 Å². The lowest BCUT2D eigenvalue weighted by Gasteiger charge is -2.08. The number of nitrogens with one attached hydrogen (secondary N) is 1. The molecule has 1 heterocycles. The number of hydrogen-bond donors (Lipinski definition) is 2. The molecule has 2 N–H and O–H groups in total. The van der Waals surface area contributed by atoms with Crippen LogP contribution in [0.3, 0.4) is 0 Å². The van der Waals surface area contributed by atoms with Crippen LogP contribution in [0.15, 0.2) is 46.7 Å². The summed E-state index contributed by atoms with van der Waals surface area (Å²) in [5.74, 6) is -2.38. The Labute approximate surface area is 142 Å². The first-order chi connectivity index (χ1) is 11.3. The third-order valence-corrected chi connectivity index (χ3v) is 5.41. The third kappa shape index (κ3) is 2.88. The van der Waals surface area contributed by atoms with E-state index in [1.165, 1.54) is 6.07 Å². The molecule has 2 aromatic rings. The van der Waals surface area contributed by atoms with Crippen LogP contribution < -0.4 is 5.32 Å². The molecule has 2 aromatic carbocycles. The molecular formula is C16H11ClFNO4S. The van der Waals surface area contributed by atoms with Crippen LogP contribution in [0.1, 0.15) is 15.9 Å². The highest BCUT2D eigenvalue weighted by Gasteiger charge is 2.26. The second kappa shape index (κ2) is 5.92. The quantitative estimate of drug-likeness (QED) is 0.873. The summed E-state index contributed by atoms with van der Waals surface area (Å²) in [5, 5.41) is 12.6. The summed E-state index contributed by atoms with van der Waals surface area (Å²) in [6.07, 6.45) is 0. The lowest BCUT2D eigenvalue weighted by Crippen LogP contribution is -2.25. The maximum absolute atomic E-state index is 13.4. The highest BCUT2D eigenvalue weighted by Crippen LogP contribution is 2.32. The van der Waals surface area contributed by atoms with Crippen LogP contribution in [0.4, 0.5) is 4.39 Å². The van der Waals surface area contributed by atoms with Gasteiger partial charge in [-0.25, -0.2) is 12.8 Å². The number of phenols is 1. The van der Waals surface area contributed by atoms with Crippen LogP contribution in [-0.2, 0) is 9.84 Å². The molecule has 1 amide bonds. The Hall–Kier alpha value is -2.38. The molecule has 1 aliphatic heterocycles. The molecule has 0 bridgehead atoms. The molecule has 124 valence electrons. The van der Waals surface area contributed by atoms with Crippen LogP contribution in [0.2, 0.25) is 5.02 Å². The van der Waals surface area contributed by atoms with Gasteiger partial charge in [-0.05, 0) is 29.3 Å². The van der Waals surface area contributed by atoms with E-state index in [9.17, 15) is 22.7 Å². The van der Waals surface area contributed by atoms with Crippen molar-refractivity contribution in [1.82, 2.24) is 5.32 Å². The first kappa shape index (κ1) is 16.5. The second-order valence-corrected chi connectivity index (χ2v) is 7.33. The standard InChI is InChI=1S/C16H11ClFNO4S/c17-12-5-9(6-13(18)15(12)20)16(21)19-7-10-8-24(22,23)14-4-2-1-3-11(10)14/h1-6,8,20H,7H2,(H,19,21). The van der Waals surface area contributed by atoms with Crippen molar-refractivity contribution in [1.29, 1.82) is 0 Å². The molecule has 0 saturated heterocycles. The fourth-order valence-corrected chi connectivity index (χ4v) is 4.10. The predicted molar refractivity (Wildman–Crippen MR) is 87.0 cm³/mol. The number of carbonyl (C=O) groups is 1. The number of amides is 1. The fraction of sp³-hybridized carbons (Fsp3) is 0.0625. The van der Waals surface area contributed by atoms with Crippen LogP contribution in [0.5, 0.6) is 5.75 Å². The fourth-order valence-electron chi connectivity index (χ4n) is 2.41. The van der Waals surface area contributed by atoms with Gasteiger partial charge < -0.3 is 10.4 Å². The van der Waals surface area contributed by atoms with Crippen molar-refractivity contribution in [3.05, 3.63) is 63.8 Å². The highest BCUT2D eigenvalue weighted by molar-refractivity contribution is 7.95. The van der Waals surface area contributed by atoms with Gasteiger partial charge in [0.05, 0.1) is 9.92 Å². The van der Waals surface area contributed by atoms with E-state index in [-0.39, 0.29) is 22.0 Å². The Bertz CT molecular complexity index is 962. The van der Waals surface area contributed by atoms with Gasteiger partial charge in [-0.1, -0.05) is 29.8 Å². The van der Waals surface area contributed by atoms with E-state index < -0.39 is 27.3 Å².